The van der Waals surface area contributed by atoms with Gasteiger partial charge in [-0.3, -0.25) is 0 Å². The molecule has 1 aromatic carbocycles. The van der Waals surface area contributed by atoms with Crippen molar-refractivity contribution in [3.63, 3.8) is 0 Å². The predicted molar refractivity (Wildman–Crippen MR) is 140 cm³/mol. The minimum absolute atomic E-state index is 0.0370. The minimum Gasteiger partial charge on any atom is -0.379 e. The van der Waals surface area contributed by atoms with Crippen LogP contribution in [0.2, 0.25) is 0 Å². The molecule has 37 heavy (non-hydrogen) atoms. The zero-order valence-corrected chi connectivity index (χ0v) is 21.9. The molecule has 1 N–H and O–H groups in total. The predicted octanol–water partition coefficient (Wildman–Crippen LogP) is 4.98. The van der Waals surface area contributed by atoms with Crippen LogP contribution in [0.3, 0.4) is 0 Å². The van der Waals surface area contributed by atoms with Crippen LogP contribution >= 0.6 is 0 Å². The van der Waals surface area contributed by atoms with Crippen LogP contribution in [0.15, 0.2) is 35.5 Å². The van der Waals surface area contributed by atoms with E-state index in [4.69, 9.17) is 9.72 Å². The Bertz CT molecular complexity index is 1380. The molecule has 3 aromatic rings. The number of rotatable bonds is 8. The molecule has 10 heteroatoms. The van der Waals surface area contributed by atoms with E-state index in [-0.39, 0.29) is 18.0 Å². The van der Waals surface area contributed by atoms with E-state index in [2.05, 4.69) is 14.9 Å². The van der Waals surface area contributed by atoms with E-state index in [1.807, 2.05) is 6.20 Å². The fraction of sp³-hybridized carbons (Fsp3) is 0.556. The maximum Gasteiger partial charge on any atom is 0.243 e. The van der Waals surface area contributed by atoms with Crippen molar-refractivity contribution in [3.8, 4) is 11.1 Å². The van der Waals surface area contributed by atoms with Gasteiger partial charge in [0.1, 0.15) is 11.5 Å². The average molecular weight is 528 g/mol. The molecular weight excluding hydrogens is 493 g/mol. The van der Waals surface area contributed by atoms with Crippen LogP contribution in [0.25, 0.3) is 22.2 Å². The number of morpholine rings is 1. The van der Waals surface area contributed by atoms with Crippen LogP contribution in [0, 0.1) is 11.7 Å². The first-order chi connectivity index (χ1) is 18.0. The molecule has 0 spiro atoms. The molecule has 2 aromatic heterocycles. The van der Waals surface area contributed by atoms with Gasteiger partial charge in [0.25, 0.3) is 0 Å². The fourth-order valence-electron chi connectivity index (χ4n) is 5.57. The molecule has 3 heterocycles. The smallest absolute Gasteiger partial charge is 0.243 e. The summed E-state index contributed by atoms with van der Waals surface area (Å²) in [4.78, 5) is 9.37. The lowest BCUT2D eigenvalue weighted by molar-refractivity contribution is 0.0730. The lowest BCUT2D eigenvalue weighted by Crippen LogP contribution is -2.40. The monoisotopic (exact) mass is 527 g/mol. The first-order valence-corrected chi connectivity index (χ1v) is 14.9. The number of sulfonamides is 1. The molecule has 6 rings (SSSR count). The molecule has 8 nitrogen and oxygen atoms in total. The number of nitrogens with zero attached hydrogens (tertiary/aromatic N) is 4. The van der Waals surface area contributed by atoms with Crippen molar-refractivity contribution in [2.75, 3.05) is 38.2 Å². The summed E-state index contributed by atoms with van der Waals surface area (Å²) in [5.74, 6) is 0.859. The summed E-state index contributed by atoms with van der Waals surface area (Å²) < 4.78 is 50.5. The summed E-state index contributed by atoms with van der Waals surface area (Å²) in [5.41, 5.74) is 1.85. The van der Waals surface area contributed by atoms with Crippen LogP contribution < -0.4 is 5.32 Å². The van der Waals surface area contributed by atoms with Crippen molar-refractivity contribution >= 4 is 27.0 Å². The SMILES string of the molecule is O=S(=O)(c1ccc(-c2cn(C3CCCCC3)c3nc(NCCC4CC4)ncc23)c(F)c1)N1CCOCC1. The Labute approximate surface area is 217 Å². The van der Waals surface area contributed by atoms with Crippen molar-refractivity contribution in [1.82, 2.24) is 18.8 Å². The molecule has 1 aliphatic heterocycles. The van der Waals surface area contributed by atoms with Crippen molar-refractivity contribution < 1.29 is 17.5 Å². The normalized spacial score (nSPS) is 19.9. The Morgan fingerprint density at radius 2 is 1.84 bits per heavy atom. The van der Waals surface area contributed by atoms with Crippen LogP contribution in [0.1, 0.15) is 57.4 Å². The van der Waals surface area contributed by atoms with E-state index in [1.165, 1.54) is 42.5 Å². The number of anilines is 1. The van der Waals surface area contributed by atoms with E-state index in [0.29, 0.717) is 36.3 Å². The number of ether oxygens (including phenoxy) is 1. The highest BCUT2D eigenvalue weighted by molar-refractivity contribution is 7.89. The fourth-order valence-corrected chi connectivity index (χ4v) is 6.99. The van der Waals surface area contributed by atoms with Gasteiger partial charge in [0.15, 0.2) is 0 Å². The average Bonchev–Trinajstić information content (AvgIpc) is 3.68. The second-order valence-corrected chi connectivity index (χ2v) is 12.4. The Balaban J connectivity index is 1.35. The van der Waals surface area contributed by atoms with Gasteiger partial charge in [-0.2, -0.15) is 9.29 Å². The number of hydrogen-bond donors (Lipinski definition) is 1. The van der Waals surface area contributed by atoms with Crippen molar-refractivity contribution in [3.05, 3.63) is 36.4 Å². The van der Waals surface area contributed by atoms with Gasteiger partial charge in [0, 0.05) is 54.6 Å². The highest BCUT2D eigenvalue weighted by Crippen LogP contribution is 2.38. The van der Waals surface area contributed by atoms with E-state index in [9.17, 15) is 8.42 Å². The number of nitrogens with one attached hydrogen (secondary N) is 1. The number of hydrogen-bond acceptors (Lipinski definition) is 6. The molecule has 0 atom stereocenters. The summed E-state index contributed by atoms with van der Waals surface area (Å²) in [6.45, 7) is 2.08. The molecular formula is C27H34FN5O3S. The molecule has 0 bridgehead atoms. The van der Waals surface area contributed by atoms with Gasteiger partial charge >= 0.3 is 0 Å². The van der Waals surface area contributed by atoms with Gasteiger partial charge in [0.05, 0.1) is 18.1 Å². The van der Waals surface area contributed by atoms with Crippen molar-refractivity contribution in [2.24, 2.45) is 5.92 Å². The molecule has 3 fully saturated rings. The zero-order chi connectivity index (χ0) is 25.4. The summed E-state index contributed by atoms with van der Waals surface area (Å²) in [7, 11) is -3.78. The third kappa shape index (κ3) is 5.11. The largest absolute Gasteiger partial charge is 0.379 e. The molecule has 0 radical (unpaired) electrons. The Morgan fingerprint density at radius 3 is 2.57 bits per heavy atom. The maximum absolute atomic E-state index is 15.6. The van der Waals surface area contributed by atoms with Crippen molar-refractivity contribution in [2.45, 2.75) is 62.3 Å². The van der Waals surface area contributed by atoms with Crippen LogP contribution in [-0.4, -0.2) is 60.1 Å². The number of aromatic nitrogens is 3. The summed E-state index contributed by atoms with van der Waals surface area (Å²) >= 11 is 0. The van der Waals surface area contributed by atoms with Gasteiger partial charge < -0.3 is 14.6 Å². The van der Waals surface area contributed by atoms with Crippen LogP contribution in [0.5, 0.6) is 0 Å². The van der Waals surface area contributed by atoms with E-state index in [1.54, 1.807) is 12.3 Å². The van der Waals surface area contributed by atoms with E-state index in [0.717, 1.165) is 48.8 Å². The Kier molecular flexibility index (Phi) is 6.89. The molecule has 1 saturated heterocycles. The molecule has 2 saturated carbocycles. The van der Waals surface area contributed by atoms with Crippen molar-refractivity contribution in [1.29, 1.82) is 0 Å². The van der Waals surface area contributed by atoms with E-state index >= 15 is 4.39 Å². The topological polar surface area (TPSA) is 89.3 Å². The lowest BCUT2D eigenvalue weighted by Gasteiger charge is -2.26. The summed E-state index contributed by atoms with van der Waals surface area (Å²) in [6, 6.07) is 4.52. The van der Waals surface area contributed by atoms with E-state index < -0.39 is 15.8 Å². The molecule has 2 aliphatic carbocycles. The molecule has 3 aliphatic rings. The number of benzene rings is 1. The Morgan fingerprint density at radius 1 is 1.05 bits per heavy atom. The summed E-state index contributed by atoms with van der Waals surface area (Å²) in [6.07, 6.45) is 13.2. The maximum atomic E-state index is 15.6. The zero-order valence-electron chi connectivity index (χ0n) is 21.0. The van der Waals surface area contributed by atoms with Gasteiger partial charge in [-0.25, -0.2) is 17.8 Å². The lowest BCUT2D eigenvalue weighted by atomic mass is 9.95. The van der Waals surface area contributed by atoms with Gasteiger partial charge in [-0.15, -0.1) is 0 Å². The van der Waals surface area contributed by atoms with Crippen LogP contribution in [-0.2, 0) is 14.8 Å². The third-order valence-corrected chi connectivity index (χ3v) is 9.81. The second kappa shape index (κ2) is 10.3. The molecule has 0 unspecified atom stereocenters. The highest BCUT2D eigenvalue weighted by atomic mass is 32.2. The highest BCUT2D eigenvalue weighted by Gasteiger charge is 2.28. The number of halogens is 1. The van der Waals surface area contributed by atoms with Gasteiger partial charge in [-0.05, 0) is 37.3 Å². The third-order valence-electron chi connectivity index (χ3n) is 7.91. The van der Waals surface area contributed by atoms with Gasteiger partial charge in [-0.1, -0.05) is 38.2 Å². The molecule has 198 valence electrons. The number of fused-ring (bicyclic) bond motifs is 1. The minimum atomic E-state index is -3.78. The van der Waals surface area contributed by atoms with Crippen LogP contribution in [0.4, 0.5) is 10.3 Å². The molecule has 0 amide bonds. The van der Waals surface area contributed by atoms with Gasteiger partial charge in [0.2, 0.25) is 16.0 Å². The standard InChI is InChI=1S/C27H34FN5O3S/c28-25-16-21(37(34,35)32-12-14-36-15-13-32)8-9-22(25)24-18-33(20-4-2-1-3-5-20)26-23(24)17-30-27(31-26)29-11-10-19-6-7-19/h8-9,16-20H,1-7,10-15H2,(H,29,30,31). The first-order valence-electron chi connectivity index (χ1n) is 13.5. The second-order valence-electron chi connectivity index (χ2n) is 10.5. The first kappa shape index (κ1) is 24.8. The Hall–Kier alpha value is -2.56. The quantitative estimate of drug-likeness (QED) is 0.445. The summed E-state index contributed by atoms with van der Waals surface area (Å²) in [5, 5.41) is 4.14.